The Kier molecular flexibility index (Phi) is 4.24. The van der Waals surface area contributed by atoms with Crippen LogP contribution in [0, 0.1) is 0 Å². The third-order valence-electron chi connectivity index (χ3n) is 1.79. The number of amides is 2. The van der Waals surface area contributed by atoms with Gasteiger partial charge >= 0.3 is 6.03 Å². The van der Waals surface area contributed by atoms with E-state index in [4.69, 9.17) is 11.5 Å². The van der Waals surface area contributed by atoms with Gasteiger partial charge in [-0.15, -0.1) is 0 Å². The maximum atomic E-state index is 11.7. The normalized spacial score (nSPS) is 11.1. The Bertz CT molecular complexity index is 484. The van der Waals surface area contributed by atoms with Gasteiger partial charge in [0.2, 0.25) is 10.0 Å². The Morgan fingerprint density at radius 3 is 2.59 bits per heavy atom. The number of carbonyl (C=O) groups is 1. The predicted octanol–water partition coefficient (Wildman–Crippen LogP) is -1.39. The van der Waals surface area contributed by atoms with Gasteiger partial charge < -0.3 is 16.8 Å². The number of rotatable bonds is 5. The highest BCUT2D eigenvalue weighted by Gasteiger charge is 2.13. The van der Waals surface area contributed by atoms with Crippen molar-refractivity contribution in [2.45, 2.75) is 4.90 Å². The topological polar surface area (TPSA) is 140 Å². The van der Waals surface area contributed by atoms with Crippen molar-refractivity contribution in [3.8, 4) is 0 Å². The molecule has 0 bridgehead atoms. The second-order valence-corrected chi connectivity index (χ2v) is 4.87. The molecule has 0 saturated heterocycles. The number of pyridine rings is 1. The minimum atomic E-state index is -3.64. The number of nitrogens with one attached hydrogen (secondary N) is 2. The fourth-order valence-corrected chi connectivity index (χ4v) is 1.98. The number of hydrogen-bond donors (Lipinski definition) is 4. The van der Waals surface area contributed by atoms with Crippen LogP contribution in [-0.2, 0) is 10.0 Å². The molecule has 1 aromatic heterocycles. The van der Waals surface area contributed by atoms with Gasteiger partial charge in [0.05, 0.1) is 0 Å². The van der Waals surface area contributed by atoms with Gasteiger partial charge in [-0.25, -0.2) is 22.9 Å². The van der Waals surface area contributed by atoms with Crippen LogP contribution in [0.5, 0.6) is 0 Å². The van der Waals surface area contributed by atoms with Crippen molar-refractivity contribution < 1.29 is 13.2 Å². The molecule has 0 aromatic carbocycles. The van der Waals surface area contributed by atoms with Crippen LogP contribution in [0.1, 0.15) is 0 Å². The molecule has 8 nitrogen and oxygen atoms in total. The van der Waals surface area contributed by atoms with Gasteiger partial charge in [-0.3, -0.25) is 0 Å². The highest BCUT2D eigenvalue weighted by Crippen LogP contribution is 2.07. The molecule has 0 radical (unpaired) electrons. The molecule has 0 fully saturated rings. The Morgan fingerprint density at radius 2 is 2.06 bits per heavy atom. The Balaban J connectivity index is 2.57. The van der Waals surface area contributed by atoms with Gasteiger partial charge in [-0.05, 0) is 12.1 Å². The Morgan fingerprint density at radius 1 is 1.35 bits per heavy atom. The van der Waals surface area contributed by atoms with Crippen molar-refractivity contribution in [3.05, 3.63) is 18.3 Å². The molecule has 0 spiro atoms. The average molecular weight is 259 g/mol. The lowest BCUT2D eigenvalue weighted by Crippen LogP contribution is -2.37. The van der Waals surface area contributed by atoms with Crippen LogP contribution < -0.4 is 21.5 Å². The smallest absolute Gasteiger partial charge is 0.312 e. The van der Waals surface area contributed by atoms with E-state index in [0.29, 0.717) is 0 Å². The van der Waals surface area contributed by atoms with Crippen LogP contribution in [0.3, 0.4) is 0 Å². The Hall–Kier alpha value is -1.87. The van der Waals surface area contributed by atoms with E-state index in [-0.39, 0.29) is 23.8 Å². The molecule has 6 N–H and O–H groups in total. The highest BCUT2D eigenvalue weighted by atomic mass is 32.2. The van der Waals surface area contributed by atoms with Crippen molar-refractivity contribution in [2.75, 3.05) is 18.8 Å². The minimum absolute atomic E-state index is 0.00535. The number of nitrogens with zero attached hydrogens (tertiary/aromatic N) is 1. The van der Waals surface area contributed by atoms with Crippen LogP contribution >= 0.6 is 0 Å². The molecule has 1 aromatic rings. The zero-order valence-corrected chi connectivity index (χ0v) is 9.70. The summed E-state index contributed by atoms with van der Waals surface area (Å²) in [5.74, 6) is 0.236. The van der Waals surface area contributed by atoms with Crippen molar-refractivity contribution >= 4 is 21.9 Å². The number of nitrogens with two attached hydrogens (primary N) is 2. The number of sulfonamides is 1. The summed E-state index contributed by atoms with van der Waals surface area (Å²) < 4.78 is 25.6. The standard InChI is InChI=1S/C8H13N5O3S/c9-7-2-1-6(5-12-7)17(15,16)13-4-3-11-8(10)14/h1-2,5,13H,3-4H2,(H2,9,12)(H3,10,11,14). The fourth-order valence-electron chi connectivity index (χ4n) is 1.01. The SMILES string of the molecule is NC(=O)NCCNS(=O)(=O)c1ccc(N)nc1. The summed E-state index contributed by atoms with van der Waals surface area (Å²) in [5, 5.41) is 2.25. The average Bonchev–Trinajstić information content (AvgIpc) is 2.25. The molecule has 0 aliphatic rings. The molecular formula is C8H13N5O3S. The second-order valence-electron chi connectivity index (χ2n) is 3.11. The summed E-state index contributed by atoms with van der Waals surface area (Å²) in [7, 11) is -3.64. The van der Waals surface area contributed by atoms with E-state index in [1.54, 1.807) is 0 Å². The quantitative estimate of drug-likeness (QED) is 0.482. The molecule has 0 saturated carbocycles. The van der Waals surface area contributed by atoms with Gasteiger partial charge in [0.1, 0.15) is 10.7 Å². The van der Waals surface area contributed by atoms with E-state index in [0.717, 1.165) is 6.20 Å². The molecule has 0 atom stereocenters. The molecule has 0 unspecified atom stereocenters. The van der Waals surface area contributed by atoms with Crippen LogP contribution in [0.25, 0.3) is 0 Å². The first-order valence-corrected chi connectivity index (χ1v) is 6.14. The third-order valence-corrected chi connectivity index (χ3v) is 3.23. The summed E-state index contributed by atoms with van der Waals surface area (Å²) in [6, 6.07) is 2.01. The summed E-state index contributed by atoms with van der Waals surface area (Å²) in [6.07, 6.45) is 1.15. The van der Waals surface area contributed by atoms with Gasteiger partial charge in [-0.2, -0.15) is 0 Å². The van der Waals surface area contributed by atoms with E-state index in [9.17, 15) is 13.2 Å². The van der Waals surface area contributed by atoms with Crippen molar-refractivity contribution in [1.82, 2.24) is 15.0 Å². The summed E-state index contributed by atoms with van der Waals surface area (Å²) >= 11 is 0. The first-order valence-electron chi connectivity index (χ1n) is 4.66. The molecule has 2 amide bonds. The van der Waals surface area contributed by atoms with E-state index >= 15 is 0 Å². The Labute approximate surface area is 98.4 Å². The monoisotopic (exact) mass is 259 g/mol. The van der Waals surface area contributed by atoms with Gasteiger partial charge in [0, 0.05) is 19.3 Å². The minimum Gasteiger partial charge on any atom is -0.384 e. The molecule has 17 heavy (non-hydrogen) atoms. The van der Waals surface area contributed by atoms with Gasteiger partial charge in [0.25, 0.3) is 0 Å². The predicted molar refractivity (Wildman–Crippen MR) is 61.4 cm³/mol. The molecule has 0 aliphatic carbocycles. The largest absolute Gasteiger partial charge is 0.384 e. The van der Waals surface area contributed by atoms with Crippen molar-refractivity contribution in [1.29, 1.82) is 0 Å². The van der Waals surface area contributed by atoms with Gasteiger partial charge in [-0.1, -0.05) is 0 Å². The van der Waals surface area contributed by atoms with E-state index in [1.165, 1.54) is 12.1 Å². The lowest BCUT2D eigenvalue weighted by Gasteiger charge is -2.06. The number of nitrogen functional groups attached to an aromatic ring is 1. The molecule has 0 aliphatic heterocycles. The molecule has 1 rings (SSSR count). The lowest BCUT2D eigenvalue weighted by atomic mass is 10.5. The van der Waals surface area contributed by atoms with Crippen LogP contribution in [0.15, 0.2) is 23.2 Å². The number of carbonyl (C=O) groups excluding carboxylic acids is 1. The number of urea groups is 1. The summed E-state index contributed by atoms with van der Waals surface area (Å²) in [4.78, 5) is 14.0. The highest BCUT2D eigenvalue weighted by molar-refractivity contribution is 7.89. The number of hydrogen-bond acceptors (Lipinski definition) is 5. The zero-order valence-electron chi connectivity index (χ0n) is 8.88. The first-order chi connectivity index (χ1) is 7.92. The number of aromatic nitrogens is 1. The van der Waals surface area contributed by atoms with E-state index in [1.807, 2.05) is 0 Å². The maximum absolute atomic E-state index is 11.7. The summed E-state index contributed by atoms with van der Waals surface area (Å²) in [6.45, 7) is 0.145. The molecular weight excluding hydrogens is 246 g/mol. The second kappa shape index (κ2) is 5.46. The third kappa shape index (κ3) is 4.25. The number of primary amides is 1. The molecule has 9 heteroatoms. The summed E-state index contributed by atoms with van der Waals surface area (Å²) in [5.41, 5.74) is 10.2. The fraction of sp³-hybridized carbons (Fsp3) is 0.250. The molecule has 1 heterocycles. The zero-order chi connectivity index (χ0) is 12.9. The van der Waals surface area contributed by atoms with Crippen molar-refractivity contribution in [2.24, 2.45) is 5.73 Å². The number of anilines is 1. The van der Waals surface area contributed by atoms with Crippen molar-refractivity contribution in [3.63, 3.8) is 0 Å². The lowest BCUT2D eigenvalue weighted by molar-refractivity contribution is 0.249. The maximum Gasteiger partial charge on any atom is 0.312 e. The first kappa shape index (κ1) is 13.2. The van der Waals surface area contributed by atoms with E-state index in [2.05, 4.69) is 15.0 Å². The molecule has 94 valence electrons. The van der Waals surface area contributed by atoms with Gasteiger partial charge in [0.15, 0.2) is 0 Å². The van der Waals surface area contributed by atoms with Crippen LogP contribution in [0.2, 0.25) is 0 Å². The van der Waals surface area contributed by atoms with Crippen LogP contribution in [0.4, 0.5) is 10.6 Å². The van der Waals surface area contributed by atoms with Crippen LogP contribution in [-0.4, -0.2) is 32.5 Å². The van der Waals surface area contributed by atoms with E-state index < -0.39 is 16.1 Å².